The second kappa shape index (κ2) is 12.1. The maximum absolute atomic E-state index is 12.3. The number of aromatic nitrogens is 1. The second-order valence-corrected chi connectivity index (χ2v) is 6.53. The Bertz CT molecular complexity index is 837. The number of nitrogens with zero attached hydrogens (tertiary/aromatic N) is 1. The second-order valence-electron chi connectivity index (χ2n) is 6.09. The Labute approximate surface area is 175 Å². The van der Waals surface area contributed by atoms with E-state index >= 15 is 0 Å². The van der Waals surface area contributed by atoms with Crippen molar-refractivity contribution in [3.8, 4) is 0 Å². The van der Waals surface area contributed by atoms with Gasteiger partial charge >= 0.3 is 0 Å². The number of benzene rings is 1. The Morgan fingerprint density at radius 3 is 2.59 bits per heavy atom. The van der Waals surface area contributed by atoms with Gasteiger partial charge < -0.3 is 25.7 Å². The van der Waals surface area contributed by atoms with Crippen LogP contribution in [0.1, 0.15) is 32.8 Å². The summed E-state index contributed by atoms with van der Waals surface area (Å²) in [5, 5.41) is 4.05. The topological polar surface area (TPSA) is 118 Å². The number of hydrogen-bond donors (Lipinski definition) is 3. The van der Waals surface area contributed by atoms with Crippen molar-refractivity contribution < 1.29 is 19.1 Å². The number of nitrogens with one attached hydrogen (secondary N) is 2. The molecule has 1 aliphatic heterocycles. The molecule has 9 heteroatoms. The smallest absolute Gasteiger partial charge is 0.242 e. The zero-order valence-corrected chi connectivity index (χ0v) is 18.0. The molecule has 0 unspecified atom stereocenters. The number of aromatic amines is 1. The monoisotopic (exact) mass is 424 g/mol. The molecule has 3 amide bonds. The van der Waals surface area contributed by atoms with Crippen LogP contribution < -0.4 is 11.1 Å². The molecule has 1 aromatic carbocycles. The first-order valence-corrected chi connectivity index (χ1v) is 9.81. The van der Waals surface area contributed by atoms with E-state index in [4.69, 9.17) is 22.1 Å². The number of primary amides is 1. The van der Waals surface area contributed by atoms with Crippen molar-refractivity contribution in [2.75, 3.05) is 20.4 Å². The van der Waals surface area contributed by atoms with Crippen molar-refractivity contribution in [2.24, 2.45) is 5.73 Å². The van der Waals surface area contributed by atoms with E-state index in [0.29, 0.717) is 11.4 Å². The van der Waals surface area contributed by atoms with Crippen LogP contribution in [0.2, 0.25) is 5.02 Å². The van der Waals surface area contributed by atoms with Crippen LogP contribution in [0.15, 0.2) is 24.4 Å². The molecule has 2 heterocycles. The van der Waals surface area contributed by atoms with Crippen LogP contribution in [0, 0.1) is 0 Å². The minimum atomic E-state index is -0.662. The number of ether oxygens (including phenoxy) is 1. The predicted octanol–water partition coefficient (Wildman–Crippen LogP) is 2.20. The highest BCUT2D eigenvalue weighted by atomic mass is 35.5. The molecule has 1 saturated heterocycles. The number of carbonyl (C=O) groups excluding carboxylic acids is 3. The van der Waals surface area contributed by atoms with E-state index in [1.54, 1.807) is 7.05 Å². The summed E-state index contributed by atoms with van der Waals surface area (Å²) < 4.78 is 5.16. The van der Waals surface area contributed by atoms with E-state index in [1.165, 1.54) is 11.8 Å². The Balaban J connectivity index is 0.000000527. The number of fused-ring (bicyclic) bond motifs is 1. The minimum Gasteiger partial charge on any atom is -0.368 e. The van der Waals surface area contributed by atoms with E-state index in [2.05, 4.69) is 10.3 Å². The van der Waals surface area contributed by atoms with Crippen molar-refractivity contribution in [2.45, 2.75) is 39.7 Å². The number of amides is 3. The molecule has 1 fully saturated rings. The maximum Gasteiger partial charge on any atom is 0.242 e. The lowest BCUT2D eigenvalue weighted by atomic mass is 10.1. The molecule has 8 nitrogen and oxygen atoms in total. The third kappa shape index (κ3) is 7.07. The Morgan fingerprint density at radius 2 is 2.00 bits per heavy atom. The van der Waals surface area contributed by atoms with Gasteiger partial charge in [0.15, 0.2) is 0 Å². The highest BCUT2D eigenvalue weighted by Crippen LogP contribution is 2.24. The lowest BCUT2D eigenvalue weighted by molar-refractivity contribution is -0.137. The summed E-state index contributed by atoms with van der Waals surface area (Å²) in [6.07, 6.45) is 2.72. The molecular formula is C20H29ClN4O4. The van der Waals surface area contributed by atoms with Crippen molar-refractivity contribution >= 4 is 40.2 Å². The minimum absolute atomic E-state index is 0.00463. The van der Waals surface area contributed by atoms with E-state index in [-0.39, 0.29) is 31.6 Å². The number of nitrogens with two attached hydrogens (primary N) is 1. The summed E-state index contributed by atoms with van der Waals surface area (Å²) >= 11 is 6.01. The normalized spacial score (nSPS) is 15.1. The van der Waals surface area contributed by atoms with Gasteiger partial charge in [-0.25, -0.2) is 0 Å². The number of carbonyl (C=O) groups is 3. The third-order valence-corrected chi connectivity index (χ3v) is 4.46. The fourth-order valence-electron chi connectivity index (χ4n) is 2.67. The Kier molecular flexibility index (Phi) is 10.2. The molecule has 0 saturated carbocycles. The van der Waals surface area contributed by atoms with E-state index in [0.717, 1.165) is 16.5 Å². The fourth-order valence-corrected chi connectivity index (χ4v) is 2.84. The first kappa shape index (κ1) is 24.5. The average molecular weight is 425 g/mol. The predicted molar refractivity (Wildman–Crippen MR) is 113 cm³/mol. The van der Waals surface area contributed by atoms with Gasteiger partial charge in [-0.3, -0.25) is 14.4 Å². The van der Waals surface area contributed by atoms with Crippen molar-refractivity contribution in [1.82, 2.24) is 15.2 Å². The molecule has 160 valence electrons. The van der Waals surface area contributed by atoms with Gasteiger partial charge in [-0.15, -0.1) is 0 Å². The fraction of sp³-hybridized carbons (Fsp3) is 0.450. The van der Waals surface area contributed by atoms with E-state index in [9.17, 15) is 14.4 Å². The first-order chi connectivity index (χ1) is 13.8. The molecule has 29 heavy (non-hydrogen) atoms. The molecule has 1 aromatic heterocycles. The molecule has 0 aliphatic carbocycles. The van der Waals surface area contributed by atoms with Crippen LogP contribution in [0.4, 0.5) is 0 Å². The summed E-state index contributed by atoms with van der Waals surface area (Å²) in [6, 6.07) is 4.93. The molecule has 4 N–H and O–H groups in total. The van der Waals surface area contributed by atoms with E-state index in [1.807, 2.05) is 38.2 Å². The standard InChI is InChI=1S/C15H16ClN3O3.C3H7NO.C2H6/c16-10-2-3-12-11(5-10)9(6-18-12)1-4-14(20)19-8-22-7-13(19)15(17)21;1-3(5)4-2;1-2/h2-3,5-6,13,18H,1,4,7-8H2,(H2,17,21);1-2H3,(H,4,5);1-2H3/t13-;;/m0../s1. The maximum atomic E-state index is 12.3. The van der Waals surface area contributed by atoms with Gasteiger partial charge in [0.1, 0.15) is 12.8 Å². The number of H-pyrrole nitrogens is 1. The quantitative estimate of drug-likeness (QED) is 0.697. The zero-order chi connectivity index (χ0) is 22.0. The molecule has 2 aromatic rings. The Morgan fingerprint density at radius 1 is 1.34 bits per heavy atom. The third-order valence-electron chi connectivity index (χ3n) is 4.22. The van der Waals surface area contributed by atoms with Crippen LogP contribution in [0.25, 0.3) is 10.9 Å². The van der Waals surface area contributed by atoms with Gasteiger partial charge in [-0.1, -0.05) is 25.4 Å². The van der Waals surface area contributed by atoms with Crippen molar-refractivity contribution in [3.63, 3.8) is 0 Å². The molecule has 0 spiro atoms. The summed E-state index contributed by atoms with van der Waals surface area (Å²) in [5.74, 6) is -0.674. The largest absolute Gasteiger partial charge is 0.368 e. The summed E-state index contributed by atoms with van der Waals surface area (Å²) in [5.41, 5.74) is 7.27. The van der Waals surface area contributed by atoms with Crippen LogP contribution >= 0.6 is 11.6 Å². The summed E-state index contributed by atoms with van der Waals surface area (Å²) in [4.78, 5) is 37.8. The van der Waals surface area contributed by atoms with Gasteiger partial charge in [0.25, 0.3) is 0 Å². The number of rotatable bonds is 4. The summed E-state index contributed by atoms with van der Waals surface area (Å²) in [7, 11) is 1.60. The average Bonchev–Trinajstić information content (AvgIpc) is 3.35. The van der Waals surface area contributed by atoms with Gasteiger partial charge in [-0.05, 0) is 30.2 Å². The summed E-state index contributed by atoms with van der Waals surface area (Å²) in [6.45, 7) is 5.76. The van der Waals surface area contributed by atoms with Gasteiger partial charge in [0.2, 0.25) is 17.7 Å². The highest BCUT2D eigenvalue weighted by Gasteiger charge is 2.33. The lowest BCUT2D eigenvalue weighted by Crippen LogP contribution is -2.45. The molecule has 3 rings (SSSR count). The zero-order valence-electron chi connectivity index (χ0n) is 17.3. The molecule has 0 bridgehead atoms. The SMILES string of the molecule is CC.CNC(C)=O.NC(=O)[C@@H]1COCN1C(=O)CCc1c[nH]c2ccc(Cl)cc12. The van der Waals surface area contributed by atoms with Crippen LogP contribution in [-0.2, 0) is 25.5 Å². The Hall–Kier alpha value is -2.58. The van der Waals surface area contributed by atoms with Crippen LogP contribution in [-0.4, -0.2) is 54.0 Å². The van der Waals surface area contributed by atoms with Crippen LogP contribution in [0.3, 0.4) is 0 Å². The van der Waals surface area contributed by atoms with Crippen molar-refractivity contribution in [1.29, 1.82) is 0 Å². The van der Waals surface area contributed by atoms with E-state index < -0.39 is 11.9 Å². The molecule has 1 atom stereocenters. The number of halogens is 1. The van der Waals surface area contributed by atoms with Gasteiger partial charge in [0, 0.05) is 42.5 Å². The van der Waals surface area contributed by atoms with Crippen molar-refractivity contribution in [3.05, 3.63) is 35.0 Å². The first-order valence-electron chi connectivity index (χ1n) is 9.43. The van der Waals surface area contributed by atoms with Gasteiger partial charge in [0.05, 0.1) is 6.61 Å². The number of aryl methyl sites for hydroxylation is 1. The molecular weight excluding hydrogens is 396 g/mol. The highest BCUT2D eigenvalue weighted by molar-refractivity contribution is 6.31. The molecule has 0 radical (unpaired) electrons. The van der Waals surface area contributed by atoms with Crippen LogP contribution in [0.5, 0.6) is 0 Å². The van der Waals surface area contributed by atoms with Gasteiger partial charge in [-0.2, -0.15) is 0 Å². The lowest BCUT2D eigenvalue weighted by Gasteiger charge is -2.19. The number of hydrogen-bond acceptors (Lipinski definition) is 4. The molecule has 1 aliphatic rings.